The molecule has 0 aliphatic carbocycles. The summed E-state index contributed by atoms with van der Waals surface area (Å²) in [6.45, 7) is 11.5. The lowest BCUT2D eigenvalue weighted by molar-refractivity contribution is 0.0261. The first kappa shape index (κ1) is 65.3. The summed E-state index contributed by atoms with van der Waals surface area (Å²) >= 11 is 10.1. The highest BCUT2D eigenvalue weighted by molar-refractivity contribution is 9.11. The van der Waals surface area contributed by atoms with Gasteiger partial charge in [-0.2, -0.15) is 0 Å². The van der Waals surface area contributed by atoms with Gasteiger partial charge in [0, 0.05) is 107 Å². The minimum Gasteiger partial charge on any atom is -0.472 e. The van der Waals surface area contributed by atoms with Gasteiger partial charge < -0.3 is 28.9 Å². The molecule has 3 aliphatic heterocycles. The van der Waals surface area contributed by atoms with Crippen molar-refractivity contribution in [3.8, 4) is 51.9 Å². The van der Waals surface area contributed by atoms with Gasteiger partial charge >= 0.3 is 0 Å². The normalized spacial score (nSPS) is 18.8. The average molecular weight is 1430 g/mol. The van der Waals surface area contributed by atoms with Crippen molar-refractivity contribution >= 4 is 65.5 Å². The molecule has 468 valence electrons. The van der Waals surface area contributed by atoms with Gasteiger partial charge in [-0.1, -0.05) is 6.07 Å². The van der Waals surface area contributed by atoms with Crippen LogP contribution in [0.4, 0.5) is 8.78 Å². The van der Waals surface area contributed by atoms with Crippen LogP contribution in [0.1, 0.15) is 102 Å². The van der Waals surface area contributed by atoms with E-state index in [2.05, 4.69) is 103 Å². The number of carbonyl (C=O) groups excluding carboxylic acids is 3. The maximum absolute atomic E-state index is 14.7. The minimum atomic E-state index is -0.644. The van der Waals surface area contributed by atoms with Crippen LogP contribution in [-0.4, -0.2) is 143 Å². The molecule has 0 saturated carbocycles. The number of hydrogen-bond donors (Lipinski definition) is 0. The van der Waals surface area contributed by atoms with Gasteiger partial charge in [0.05, 0.1) is 52.8 Å². The second-order valence-corrected chi connectivity index (χ2v) is 24.6. The smallest absolute Gasteiger partial charge is 0.273 e. The summed E-state index contributed by atoms with van der Waals surface area (Å²) in [6.07, 6.45) is 19.7. The predicted molar refractivity (Wildman–Crippen MR) is 346 cm³/mol. The fourth-order valence-electron chi connectivity index (χ4n) is 10.9. The van der Waals surface area contributed by atoms with Crippen LogP contribution in [-0.2, 0) is 0 Å². The van der Waals surface area contributed by atoms with E-state index >= 15 is 0 Å². The van der Waals surface area contributed by atoms with Crippen molar-refractivity contribution in [2.24, 2.45) is 0 Å². The zero-order chi connectivity index (χ0) is 64.1. The van der Waals surface area contributed by atoms with Gasteiger partial charge in [0.25, 0.3) is 17.7 Å². The molecule has 0 bridgehead atoms. The van der Waals surface area contributed by atoms with Gasteiger partial charge in [0.2, 0.25) is 17.6 Å². The number of benzene rings is 1. The Morgan fingerprint density at radius 1 is 0.484 bits per heavy atom. The van der Waals surface area contributed by atoms with Crippen molar-refractivity contribution in [2.75, 3.05) is 19.6 Å². The molecule has 0 radical (unpaired) electrons. The number of pyridine rings is 5. The van der Waals surface area contributed by atoms with E-state index in [-0.39, 0.29) is 71.1 Å². The number of piperidine rings is 3. The molecule has 8 aromatic heterocycles. The monoisotopic (exact) mass is 1420 g/mol. The molecule has 1 aromatic carbocycles. The Labute approximate surface area is 550 Å². The average Bonchev–Trinajstić information content (AvgIpc) is 0.884. The van der Waals surface area contributed by atoms with Crippen LogP contribution in [0.15, 0.2) is 160 Å². The van der Waals surface area contributed by atoms with E-state index in [0.717, 1.165) is 75.6 Å². The number of hydrogen-bond acceptors (Lipinski definition) is 17. The Kier molecular flexibility index (Phi) is 21.8. The Morgan fingerprint density at radius 2 is 0.945 bits per heavy atom. The van der Waals surface area contributed by atoms with Crippen molar-refractivity contribution in [2.45, 2.75) is 110 Å². The summed E-state index contributed by atoms with van der Waals surface area (Å²) in [7, 11) is 0. The number of amides is 3. The van der Waals surface area contributed by atoms with E-state index < -0.39 is 11.6 Å². The van der Waals surface area contributed by atoms with Crippen molar-refractivity contribution in [1.82, 2.24) is 69.5 Å². The van der Waals surface area contributed by atoms with Gasteiger partial charge in [-0.15, -0.1) is 0 Å². The fourth-order valence-corrected chi connectivity index (χ4v) is 11.6. The first-order valence-electron chi connectivity index (χ1n) is 29.5. The van der Waals surface area contributed by atoms with Crippen LogP contribution in [0.25, 0.3) is 34.3 Å². The third-order valence-electron chi connectivity index (χ3n) is 15.6. The lowest BCUT2D eigenvalue weighted by Crippen LogP contribution is -2.51. The standard InChI is InChI=1S/C22H19BrF2N4O2.2C22H22BrN5O2/c1-13-18(31-19-8-7-14(23)10-26-19)6-3-9-29(13)22(30)16-4-2-5-17(25)20(16)21-27-11-15(24)12-28-21;1-14-6-8-17(21-24-10-4-11-25-21)20(27-14)22(29)28-12-3-5-18(15(28)2)30-19-9-7-16(23)13-26-19;1-14-11-17(20(27-12-14)21-24-8-4-9-25-21)22(29)28-10-3-5-18(15(28)2)30-19-7-6-16(23)13-26-19/h2,4-5,7-8,10-13,18H,3,6,9H2,1H3;4,6-11,13,15,18H,3,5,12H2,1-2H3;4,6-9,11-13,15,18H,3,5,10H2,1-2H3/t13-,18+;2*15-,18+/m000/s1. The number of aryl methyl sites for hydroxylation is 2. The largest absolute Gasteiger partial charge is 0.472 e. The quantitative estimate of drug-likeness (QED) is 0.111. The van der Waals surface area contributed by atoms with Crippen molar-refractivity contribution in [3.05, 3.63) is 200 Å². The third kappa shape index (κ3) is 16.3. The molecule has 6 atom stereocenters. The topological polar surface area (TPSA) is 230 Å². The number of rotatable bonds is 12. The Balaban J connectivity index is 0.000000150. The summed E-state index contributed by atoms with van der Waals surface area (Å²) in [5, 5.41) is 0. The maximum atomic E-state index is 14.7. The van der Waals surface area contributed by atoms with Crippen LogP contribution < -0.4 is 14.2 Å². The Bertz CT molecular complexity index is 3780. The number of aromatic nitrogens is 11. The second kappa shape index (κ2) is 30.4. The number of likely N-dealkylation sites (tertiary alicyclic amines) is 3. The summed E-state index contributed by atoms with van der Waals surface area (Å²) in [5.74, 6) is 0.613. The molecule has 0 spiro atoms. The highest BCUT2D eigenvalue weighted by atomic mass is 79.9. The van der Waals surface area contributed by atoms with E-state index in [1.54, 1.807) is 72.7 Å². The fraction of sp³-hybridized carbons (Fsp3) is 0.303. The molecule has 3 fully saturated rings. The van der Waals surface area contributed by atoms with Crippen LogP contribution in [0.5, 0.6) is 17.6 Å². The summed E-state index contributed by atoms with van der Waals surface area (Å²) in [4.78, 5) is 92.6. The first-order chi connectivity index (χ1) is 44.0. The minimum absolute atomic E-state index is 0.0422. The van der Waals surface area contributed by atoms with Gasteiger partial charge in [-0.3, -0.25) is 19.4 Å². The molecule has 20 nitrogen and oxygen atoms in total. The van der Waals surface area contributed by atoms with Gasteiger partial charge in [-0.25, -0.2) is 58.6 Å². The molecule has 25 heteroatoms. The zero-order valence-electron chi connectivity index (χ0n) is 50.3. The second-order valence-electron chi connectivity index (χ2n) is 21.8. The molecule has 3 aliphatic rings. The van der Waals surface area contributed by atoms with E-state index in [0.29, 0.717) is 71.4 Å². The molecule has 9 aromatic rings. The molecule has 3 saturated heterocycles. The molecule has 0 unspecified atom stereocenters. The Morgan fingerprint density at radius 3 is 1.42 bits per heavy atom. The summed E-state index contributed by atoms with van der Waals surface area (Å²) < 4.78 is 48.8. The maximum Gasteiger partial charge on any atom is 0.273 e. The highest BCUT2D eigenvalue weighted by Gasteiger charge is 2.38. The number of carbonyl (C=O) groups is 3. The first-order valence-corrected chi connectivity index (χ1v) is 31.9. The van der Waals surface area contributed by atoms with Gasteiger partial charge in [0.15, 0.2) is 23.3 Å². The molecular weight excluding hydrogens is 1360 g/mol. The summed E-state index contributed by atoms with van der Waals surface area (Å²) in [6, 6.07) is 23.8. The number of nitrogens with zero attached hydrogens (tertiary/aromatic N) is 14. The van der Waals surface area contributed by atoms with Crippen LogP contribution in [0.3, 0.4) is 0 Å². The third-order valence-corrected chi connectivity index (χ3v) is 17.0. The van der Waals surface area contributed by atoms with E-state index in [1.165, 1.54) is 18.2 Å². The molecule has 12 rings (SSSR count). The molecule has 3 amide bonds. The van der Waals surface area contributed by atoms with E-state index in [1.807, 2.05) is 92.9 Å². The van der Waals surface area contributed by atoms with Gasteiger partial charge in [0.1, 0.15) is 35.5 Å². The van der Waals surface area contributed by atoms with Crippen molar-refractivity contribution in [1.29, 1.82) is 0 Å². The van der Waals surface area contributed by atoms with Crippen LogP contribution >= 0.6 is 47.8 Å². The van der Waals surface area contributed by atoms with Gasteiger partial charge in [-0.05, 0) is 187 Å². The SMILES string of the molecule is C[C@H]1[C@H](Oc2ccc(Br)cn2)CCCN1C(=O)c1cccc(F)c1-c1ncc(F)cn1.Cc1ccc(-c2ncccn2)c(C(=O)N2CCC[C@@H](Oc3ccc(Br)cn3)[C@@H]2C)n1.Cc1cnc(-c2ncccn2)c(C(=O)N2CCC[C@@H](Oc3ccc(Br)cn3)[C@@H]2C)c1. The molecule has 91 heavy (non-hydrogen) atoms. The number of ether oxygens (including phenoxy) is 3. The lowest BCUT2D eigenvalue weighted by atomic mass is 9.97. The zero-order valence-corrected chi connectivity index (χ0v) is 55.0. The Hall–Kier alpha value is -8.68. The van der Waals surface area contributed by atoms with E-state index in [9.17, 15) is 23.2 Å². The predicted octanol–water partition coefficient (Wildman–Crippen LogP) is 12.8. The van der Waals surface area contributed by atoms with Crippen LogP contribution in [0.2, 0.25) is 0 Å². The molecule has 0 N–H and O–H groups in total. The van der Waals surface area contributed by atoms with Crippen LogP contribution in [0, 0.1) is 25.5 Å². The van der Waals surface area contributed by atoms with Crippen molar-refractivity contribution < 1.29 is 37.4 Å². The molecular formula is C66H63Br3F2N14O6. The molecule has 11 heterocycles. The lowest BCUT2D eigenvalue weighted by Gasteiger charge is -2.39. The van der Waals surface area contributed by atoms with E-state index in [4.69, 9.17) is 14.2 Å². The number of halogens is 5. The highest BCUT2D eigenvalue weighted by Crippen LogP contribution is 2.32. The summed E-state index contributed by atoms with van der Waals surface area (Å²) in [5.41, 5.74) is 3.78. The van der Waals surface area contributed by atoms with Crippen molar-refractivity contribution in [3.63, 3.8) is 0 Å².